The van der Waals surface area contributed by atoms with Crippen LogP contribution in [0, 0.1) is 0 Å². The van der Waals surface area contributed by atoms with Crippen molar-refractivity contribution in [1.82, 2.24) is 5.32 Å². The highest BCUT2D eigenvalue weighted by Gasteiger charge is 2.46. The van der Waals surface area contributed by atoms with Crippen LogP contribution in [0.3, 0.4) is 0 Å². The van der Waals surface area contributed by atoms with Crippen LogP contribution in [0.5, 0.6) is 0 Å². The van der Waals surface area contributed by atoms with Crippen molar-refractivity contribution in [3.8, 4) is 0 Å². The summed E-state index contributed by atoms with van der Waals surface area (Å²) >= 11 is 0. The maximum absolute atomic E-state index is 12.6. The van der Waals surface area contributed by atoms with Gasteiger partial charge in [0.2, 0.25) is 0 Å². The molecule has 3 nitrogen and oxygen atoms in total. The number of fused-ring (bicyclic) bond motifs is 1. The predicted octanol–water partition coefficient (Wildman–Crippen LogP) is 2.93. The molecule has 1 aliphatic rings. The van der Waals surface area contributed by atoms with Crippen LogP contribution in [-0.4, -0.2) is 25.3 Å². The van der Waals surface area contributed by atoms with Crippen molar-refractivity contribution < 1.29 is 22.7 Å². The van der Waals surface area contributed by atoms with Gasteiger partial charge in [-0.2, -0.15) is 13.2 Å². The Hall–Kier alpha value is -1.56. The first-order valence-electron chi connectivity index (χ1n) is 6.96. The van der Waals surface area contributed by atoms with Gasteiger partial charge in [-0.05, 0) is 37.3 Å². The van der Waals surface area contributed by atoms with E-state index < -0.39 is 24.2 Å². The molecule has 2 rings (SSSR count). The number of benzene rings is 1. The monoisotopic (exact) mass is 301 g/mol. The molecule has 1 atom stereocenters. The Balaban J connectivity index is 2.40. The third-order valence-corrected chi connectivity index (χ3v) is 3.69. The molecule has 1 N–H and O–H groups in total. The second kappa shape index (κ2) is 6.05. The third kappa shape index (κ3) is 3.37. The third-order valence-electron chi connectivity index (χ3n) is 3.69. The van der Waals surface area contributed by atoms with E-state index in [0.717, 1.165) is 12.0 Å². The van der Waals surface area contributed by atoms with Crippen molar-refractivity contribution in [3.63, 3.8) is 0 Å². The molecule has 0 aliphatic heterocycles. The molecule has 1 unspecified atom stereocenters. The van der Waals surface area contributed by atoms with Gasteiger partial charge in [-0.15, -0.1) is 0 Å². The van der Waals surface area contributed by atoms with E-state index in [-0.39, 0.29) is 6.61 Å². The van der Waals surface area contributed by atoms with Crippen LogP contribution in [0.4, 0.5) is 13.2 Å². The fourth-order valence-electron chi connectivity index (χ4n) is 2.81. The molecular weight excluding hydrogens is 283 g/mol. The van der Waals surface area contributed by atoms with E-state index in [1.165, 1.54) is 0 Å². The summed E-state index contributed by atoms with van der Waals surface area (Å²) in [6, 6.07) is 7.10. The number of alkyl halides is 3. The number of nitrogens with one attached hydrogen (secondary N) is 1. The summed E-state index contributed by atoms with van der Waals surface area (Å²) < 4.78 is 42.8. The van der Waals surface area contributed by atoms with E-state index in [9.17, 15) is 18.0 Å². The van der Waals surface area contributed by atoms with Crippen molar-refractivity contribution in [2.75, 3.05) is 13.2 Å². The average Bonchev–Trinajstić information content (AvgIpc) is 2.44. The van der Waals surface area contributed by atoms with Crippen molar-refractivity contribution in [2.45, 2.75) is 37.9 Å². The second-order valence-corrected chi connectivity index (χ2v) is 5.11. The number of rotatable bonds is 4. The van der Waals surface area contributed by atoms with E-state index in [2.05, 4.69) is 5.32 Å². The minimum Gasteiger partial charge on any atom is -0.464 e. The lowest BCUT2D eigenvalue weighted by Gasteiger charge is -2.38. The van der Waals surface area contributed by atoms with E-state index in [0.29, 0.717) is 18.4 Å². The van der Waals surface area contributed by atoms with Crippen LogP contribution in [0.25, 0.3) is 0 Å². The van der Waals surface area contributed by atoms with E-state index in [1.54, 1.807) is 19.1 Å². The normalized spacial score (nSPS) is 21.7. The highest BCUT2D eigenvalue weighted by atomic mass is 19.4. The Bertz CT molecular complexity index is 516. The van der Waals surface area contributed by atoms with Gasteiger partial charge in [0, 0.05) is 0 Å². The maximum atomic E-state index is 12.6. The van der Waals surface area contributed by atoms with Crippen molar-refractivity contribution in [1.29, 1.82) is 0 Å². The van der Waals surface area contributed by atoms with Crippen molar-refractivity contribution in [3.05, 3.63) is 35.4 Å². The van der Waals surface area contributed by atoms with Gasteiger partial charge in [0.15, 0.2) is 0 Å². The number of ether oxygens (including phenoxy) is 1. The minimum atomic E-state index is -4.38. The van der Waals surface area contributed by atoms with Gasteiger partial charge < -0.3 is 4.74 Å². The molecule has 0 saturated heterocycles. The highest BCUT2D eigenvalue weighted by molar-refractivity contribution is 5.83. The van der Waals surface area contributed by atoms with Gasteiger partial charge in [0.05, 0.1) is 13.2 Å². The predicted molar refractivity (Wildman–Crippen MR) is 71.7 cm³/mol. The zero-order valence-electron chi connectivity index (χ0n) is 11.8. The first-order valence-corrected chi connectivity index (χ1v) is 6.96. The summed E-state index contributed by atoms with van der Waals surface area (Å²) in [5.74, 6) is -0.638. The fraction of sp³-hybridized carbons (Fsp3) is 0.533. The molecule has 0 radical (unpaired) electrons. The van der Waals surface area contributed by atoms with Gasteiger partial charge in [-0.1, -0.05) is 24.3 Å². The zero-order valence-corrected chi connectivity index (χ0v) is 11.8. The van der Waals surface area contributed by atoms with E-state index >= 15 is 0 Å². The Morgan fingerprint density at radius 2 is 2.10 bits per heavy atom. The quantitative estimate of drug-likeness (QED) is 0.869. The smallest absolute Gasteiger partial charge is 0.401 e. The number of carbonyl (C=O) groups excluding carboxylic acids is 1. The number of hydrogen-bond donors (Lipinski definition) is 1. The van der Waals surface area contributed by atoms with E-state index in [4.69, 9.17) is 4.74 Å². The van der Waals surface area contributed by atoms with Gasteiger partial charge in [0.25, 0.3) is 0 Å². The van der Waals surface area contributed by atoms with Crippen LogP contribution < -0.4 is 5.32 Å². The SMILES string of the molecule is CCOC(=O)C1(NCC(F)(F)F)CCCc2ccccc21. The minimum absolute atomic E-state index is 0.135. The molecule has 6 heteroatoms. The lowest BCUT2D eigenvalue weighted by Crippen LogP contribution is -2.54. The molecule has 0 heterocycles. The highest BCUT2D eigenvalue weighted by Crippen LogP contribution is 2.37. The summed E-state index contributed by atoms with van der Waals surface area (Å²) in [5, 5.41) is 2.42. The first kappa shape index (κ1) is 15.8. The van der Waals surface area contributed by atoms with Gasteiger partial charge in [-0.25, -0.2) is 4.79 Å². The second-order valence-electron chi connectivity index (χ2n) is 5.11. The number of esters is 1. The Labute approximate surface area is 121 Å². The molecule has 0 saturated carbocycles. The fourth-order valence-corrected chi connectivity index (χ4v) is 2.81. The van der Waals surface area contributed by atoms with Crippen LogP contribution in [0.15, 0.2) is 24.3 Å². The Morgan fingerprint density at radius 3 is 2.76 bits per heavy atom. The number of halogens is 3. The van der Waals surface area contributed by atoms with Crippen molar-refractivity contribution in [2.24, 2.45) is 0 Å². The largest absolute Gasteiger partial charge is 0.464 e. The molecule has 0 spiro atoms. The van der Waals surface area contributed by atoms with E-state index in [1.807, 2.05) is 12.1 Å². The summed E-state index contributed by atoms with van der Waals surface area (Å²) in [6.07, 6.45) is -2.68. The molecule has 0 bridgehead atoms. The van der Waals surface area contributed by atoms with Gasteiger partial charge in [0.1, 0.15) is 5.54 Å². The van der Waals surface area contributed by atoms with Crippen LogP contribution in [0.2, 0.25) is 0 Å². The molecule has 1 aromatic carbocycles. The van der Waals surface area contributed by atoms with Gasteiger partial charge >= 0.3 is 12.1 Å². The maximum Gasteiger partial charge on any atom is 0.401 e. The lowest BCUT2D eigenvalue weighted by atomic mass is 9.76. The number of carbonyl (C=O) groups is 1. The molecule has 0 fully saturated rings. The topological polar surface area (TPSA) is 38.3 Å². The Morgan fingerprint density at radius 1 is 1.38 bits per heavy atom. The molecule has 1 aromatic rings. The lowest BCUT2D eigenvalue weighted by molar-refractivity contribution is -0.157. The molecule has 0 amide bonds. The molecular formula is C15H18F3NO2. The summed E-state index contributed by atoms with van der Waals surface area (Å²) in [7, 11) is 0. The molecule has 0 aromatic heterocycles. The van der Waals surface area contributed by atoms with Gasteiger partial charge in [-0.3, -0.25) is 5.32 Å². The average molecular weight is 301 g/mol. The number of aryl methyl sites for hydroxylation is 1. The standard InChI is InChI=1S/C15H18F3NO2/c1-2-21-13(20)14(19-10-15(16,17)18)9-5-7-11-6-3-4-8-12(11)14/h3-4,6,8,19H,2,5,7,9-10H2,1H3. The molecule has 21 heavy (non-hydrogen) atoms. The number of hydrogen-bond acceptors (Lipinski definition) is 3. The summed E-state index contributed by atoms with van der Waals surface area (Å²) in [4.78, 5) is 12.3. The molecule has 1 aliphatic carbocycles. The van der Waals surface area contributed by atoms with Crippen LogP contribution >= 0.6 is 0 Å². The first-order chi connectivity index (χ1) is 9.89. The zero-order chi connectivity index (χ0) is 15.5. The van der Waals surface area contributed by atoms with Crippen LogP contribution in [-0.2, 0) is 21.5 Å². The van der Waals surface area contributed by atoms with Crippen molar-refractivity contribution >= 4 is 5.97 Å². The summed E-state index contributed by atoms with van der Waals surface area (Å²) in [6.45, 7) is 0.556. The molecule has 116 valence electrons. The summed E-state index contributed by atoms with van der Waals surface area (Å²) in [5.41, 5.74) is 0.0887. The van der Waals surface area contributed by atoms with Crippen LogP contribution in [0.1, 0.15) is 30.9 Å². The Kier molecular flexibility index (Phi) is 4.56.